The Morgan fingerprint density at radius 1 is 1.67 bits per heavy atom. The normalized spacial score (nSPS) is 22.5. The molecule has 2 rings (SSSR count). The number of nitrogens with one attached hydrogen (secondary N) is 2. The molecule has 1 aliphatic carbocycles. The van der Waals surface area contributed by atoms with E-state index in [-0.39, 0.29) is 17.2 Å². The quantitative estimate of drug-likeness (QED) is 0.684. The van der Waals surface area contributed by atoms with Crippen molar-refractivity contribution in [2.45, 2.75) is 27.2 Å². The third kappa shape index (κ3) is 1.69. The number of aryl methyl sites for hydroxylation is 1. The highest BCUT2D eigenvalue weighted by molar-refractivity contribution is 5.96. The van der Waals surface area contributed by atoms with Gasteiger partial charge in [-0.15, -0.1) is 0 Å². The lowest BCUT2D eigenvalue weighted by molar-refractivity contribution is -0.118. The van der Waals surface area contributed by atoms with Crippen LogP contribution in [0.15, 0.2) is 0 Å². The number of carbonyl (C=O) groups is 1. The number of aromatic amines is 1. The van der Waals surface area contributed by atoms with Crippen LogP contribution < -0.4 is 11.1 Å². The van der Waals surface area contributed by atoms with E-state index in [0.717, 1.165) is 12.1 Å². The summed E-state index contributed by atoms with van der Waals surface area (Å²) in [4.78, 5) is 11.7. The molecule has 0 aliphatic heterocycles. The van der Waals surface area contributed by atoms with Crippen LogP contribution in [0.1, 0.15) is 26.0 Å². The Labute approximate surface area is 88.4 Å². The number of anilines is 2. The summed E-state index contributed by atoms with van der Waals surface area (Å²) in [6.07, 6.45) is 0.933. The van der Waals surface area contributed by atoms with Crippen molar-refractivity contribution in [3.05, 3.63) is 5.69 Å². The van der Waals surface area contributed by atoms with E-state index in [1.807, 2.05) is 6.92 Å². The number of nitrogens with two attached hydrogens (primary N) is 1. The second-order valence-electron chi connectivity index (χ2n) is 4.85. The van der Waals surface area contributed by atoms with Crippen LogP contribution in [0, 0.1) is 18.3 Å². The van der Waals surface area contributed by atoms with Crippen LogP contribution in [0.25, 0.3) is 0 Å². The Bertz CT molecular complexity index is 408. The highest BCUT2D eigenvalue weighted by Gasteiger charge is 2.50. The fourth-order valence-electron chi connectivity index (χ4n) is 1.65. The summed E-state index contributed by atoms with van der Waals surface area (Å²) in [5.74, 6) is 0.548. The molecule has 1 unspecified atom stereocenters. The van der Waals surface area contributed by atoms with Gasteiger partial charge >= 0.3 is 0 Å². The van der Waals surface area contributed by atoms with Gasteiger partial charge in [-0.2, -0.15) is 5.10 Å². The van der Waals surface area contributed by atoms with Crippen molar-refractivity contribution in [2.24, 2.45) is 11.3 Å². The molecule has 0 radical (unpaired) electrons. The Morgan fingerprint density at radius 2 is 2.27 bits per heavy atom. The number of amides is 1. The summed E-state index contributed by atoms with van der Waals surface area (Å²) in [7, 11) is 0. The van der Waals surface area contributed by atoms with Crippen molar-refractivity contribution >= 4 is 17.4 Å². The van der Waals surface area contributed by atoms with Crippen molar-refractivity contribution < 1.29 is 4.79 Å². The van der Waals surface area contributed by atoms with Gasteiger partial charge in [0.25, 0.3) is 0 Å². The van der Waals surface area contributed by atoms with Gasteiger partial charge in [-0.1, -0.05) is 13.8 Å². The molecule has 1 fully saturated rings. The largest absolute Gasteiger partial charge is 0.394 e. The van der Waals surface area contributed by atoms with Crippen molar-refractivity contribution in [1.82, 2.24) is 10.2 Å². The zero-order chi connectivity index (χ0) is 11.2. The lowest BCUT2D eigenvalue weighted by atomic mass is 10.1. The maximum atomic E-state index is 11.7. The van der Waals surface area contributed by atoms with Crippen LogP contribution in [0.4, 0.5) is 11.5 Å². The molecule has 0 spiro atoms. The first-order valence-electron chi connectivity index (χ1n) is 5.03. The highest BCUT2D eigenvalue weighted by atomic mass is 16.2. The number of nitrogen functional groups attached to an aromatic ring is 1. The molecule has 1 aromatic rings. The summed E-state index contributed by atoms with van der Waals surface area (Å²) in [5, 5.41) is 9.41. The van der Waals surface area contributed by atoms with Crippen molar-refractivity contribution in [3.8, 4) is 0 Å². The van der Waals surface area contributed by atoms with Gasteiger partial charge in [0.05, 0.1) is 11.4 Å². The predicted octanol–water partition coefficient (Wildman–Crippen LogP) is 1.28. The van der Waals surface area contributed by atoms with E-state index >= 15 is 0 Å². The third-order valence-electron chi connectivity index (χ3n) is 3.07. The summed E-state index contributed by atoms with van der Waals surface area (Å²) in [5.41, 5.74) is 7.15. The number of H-pyrrole nitrogens is 1. The maximum Gasteiger partial charge on any atom is 0.229 e. The highest BCUT2D eigenvalue weighted by Crippen LogP contribution is 2.52. The molecule has 4 N–H and O–H groups in total. The molecule has 0 aromatic carbocycles. The summed E-state index contributed by atoms with van der Waals surface area (Å²) < 4.78 is 0. The van der Waals surface area contributed by atoms with Gasteiger partial charge in [-0.05, 0) is 18.8 Å². The van der Waals surface area contributed by atoms with Crippen molar-refractivity contribution in [1.29, 1.82) is 0 Å². The molecule has 1 saturated carbocycles. The van der Waals surface area contributed by atoms with E-state index in [1.54, 1.807) is 0 Å². The van der Waals surface area contributed by atoms with Gasteiger partial charge in [-0.3, -0.25) is 9.89 Å². The Morgan fingerprint density at radius 3 is 2.67 bits per heavy atom. The lowest BCUT2D eigenvalue weighted by Crippen LogP contribution is -2.17. The summed E-state index contributed by atoms with van der Waals surface area (Å²) in [6.45, 7) is 5.98. The molecule has 0 saturated heterocycles. The van der Waals surface area contributed by atoms with E-state index in [0.29, 0.717) is 11.5 Å². The Balaban J connectivity index is 2.04. The number of aromatic nitrogens is 2. The summed E-state index contributed by atoms with van der Waals surface area (Å²) in [6, 6.07) is 0. The molecule has 1 heterocycles. The molecule has 0 bridgehead atoms. The predicted molar refractivity (Wildman–Crippen MR) is 58.3 cm³/mol. The number of nitrogens with zero attached hydrogens (tertiary/aromatic N) is 1. The molecule has 1 atom stereocenters. The Hall–Kier alpha value is -1.52. The van der Waals surface area contributed by atoms with Gasteiger partial charge in [0.1, 0.15) is 0 Å². The zero-order valence-corrected chi connectivity index (χ0v) is 9.22. The second-order valence-corrected chi connectivity index (χ2v) is 4.85. The van der Waals surface area contributed by atoms with E-state index in [1.165, 1.54) is 0 Å². The smallest absolute Gasteiger partial charge is 0.229 e. The molecule has 82 valence electrons. The fourth-order valence-corrected chi connectivity index (χ4v) is 1.65. The van der Waals surface area contributed by atoms with Crippen LogP contribution >= 0.6 is 0 Å². The summed E-state index contributed by atoms with van der Waals surface area (Å²) >= 11 is 0. The van der Waals surface area contributed by atoms with Gasteiger partial charge in [0.15, 0.2) is 5.82 Å². The number of hydrogen-bond acceptors (Lipinski definition) is 3. The van der Waals surface area contributed by atoms with Gasteiger partial charge < -0.3 is 11.1 Å². The molecule has 15 heavy (non-hydrogen) atoms. The first-order chi connectivity index (χ1) is 6.92. The molecule has 5 nitrogen and oxygen atoms in total. The topological polar surface area (TPSA) is 83.8 Å². The van der Waals surface area contributed by atoms with Gasteiger partial charge in [0, 0.05) is 5.92 Å². The third-order valence-corrected chi connectivity index (χ3v) is 3.07. The van der Waals surface area contributed by atoms with E-state index in [2.05, 4.69) is 29.4 Å². The van der Waals surface area contributed by atoms with Crippen molar-refractivity contribution in [3.63, 3.8) is 0 Å². The van der Waals surface area contributed by atoms with Crippen LogP contribution in [-0.2, 0) is 4.79 Å². The number of hydrogen-bond donors (Lipinski definition) is 3. The maximum absolute atomic E-state index is 11.7. The first-order valence-corrected chi connectivity index (χ1v) is 5.03. The lowest BCUT2D eigenvalue weighted by Gasteiger charge is -2.04. The van der Waals surface area contributed by atoms with Crippen LogP contribution in [0.2, 0.25) is 0 Å². The average molecular weight is 208 g/mol. The molecule has 1 aliphatic rings. The molecular weight excluding hydrogens is 192 g/mol. The number of rotatable bonds is 2. The minimum Gasteiger partial charge on any atom is -0.394 e. The van der Waals surface area contributed by atoms with Gasteiger partial charge in [-0.25, -0.2) is 0 Å². The molecule has 5 heteroatoms. The Kier molecular flexibility index (Phi) is 1.99. The van der Waals surface area contributed by atoms with E-state index in [4.69, 9.17) is 5.73 Å². The molecule has 1 amide bonds. The van der Waals surface area contributed by atoms with Crippen LogP contribution in [-0.4, -0.2) is 16.1 Å². The minimum absolute atomic E-state index is 0.0122. The average Bonchev–Trinajstić information content (AvgIpc) is 2.69. The molecule has 1 aromatic heterocycles. The van der Waals surface area contributed by atoms with E-state index < -0.39 is 0 Å². The first kappa shape index (κ1) is 10.0. The standard InChI is InChI=1S/C10H16N4O/c1-5-7(11)8(14-13-5)12-9(15)6-4-10(6,2)3/h6H,4,11H2,1-3H3,(H2,12,13,14,15). The van der Waals surface area contributed by atoms with E-state index in [9.17, 15) is 4.79 Å². The van der Waals surface area contributed by atoms with Crippen LogP contribution in [0.5, 0.6) is 0 Å². The van der Waals surface area contributed by atoms with Crippen LogP contribution in [0.3, 0.4) is 0 Å². The fraction of sp³-hybridized carbons (Fsp3) is 0.600. The zero-order valence-electron chi connectivity index (χ0n) is 9.22. The molecular formula is C10H16N4O. The second kappa shape index (κ2) is 2.98. The van der Waals surface area contributed by atoms with Crippen molar-refractivity contribution in [2.75, 3.05) is 11.1 Å². The SMILES string of the molecule is Cc1[nH]nc(NC(=O)C2CC2(C)C)c1N. The number of carbonyl (C=O) groups excluding carboxylic acids is 1. The monoisotopic (exact) mass is 208 g/mol. The minimum atomic E-state index is 0.0122. The van der Waals surface area contributed by atoms with Gasteiger partial charge in [0.2, 0.25) is 5.91 Å².